The molecule has 2 fully saturated rings. The van der Waals surface area contributed by atoms with E-state index in [0.29, 0.717) is 13.2 Å². The zero-order valence-electron chi connectivity index (χ0n) is 9.17. The molecular formula is C11H12N2O4. The lowest BCUT2D eigenvalue weighted by Crippen LogP contribution is -2.37. The van der Waals surface area contributed by atoms with Crippen molar-refractivity contribution < 1.29 is 14.4 Å². The molecule has 3 rings (SSSR count). The van der Waals surface area contributed by atoms with Gasteiger partial charge >= 0.3 is 0 Å². The Bertz CT molecular complexity index is 435. The molecule has 0 radical (unpaired) electrons. The van der Waals surface area contributed by atoms with Crippen LogP contribution in [-0.4, -0.2) is 36.1 Å². The lowest BCUT2D eigenvalue weighted by molar-refractivity contribution is -0.384. The monoisotopic (exact) mass is 236 g/mol. The third kappa shape index (κ3) is 1.53. The maximum atomic E-state index is 10.6. The number of benzene rings is 1. The average molecular weight is 236 g/mol. The minimum absolute atomic E-state index is 0.0766. The fourth-order valence-corrected chi connectivity index (χ4v) is 2.36. The molecule has 0 atom stereocenters. The van der Waals surface area contributed by atoms with E-state index >= 15 is 0 Å². The topological polar surface area (TPSA) is 64.8 Å². The van der Waals surface area contributed by atoms with Gasteiger partial charge in [-0.15, -0.1) is 0 Å². The number of fused-ring (bicyclic) bond motifs is 1. The Morgan fingerprint density at radius 1 is 1.18 bits per heavy atom. The summed E-state index contributed by atoms with van der Waals surface area (Å²) in [6.07, 6.45) is 0. The van der Waals surface area contributed by atoms with E-state index in [9.17, 15) is 10.1 Å². The molecule has 1 aromatic rings. The molecule has 0 aliphatic carbocycles. The van der Waals surface area contributed by atoms with E-state index in [1.165, 1.54) is 12.1 Å². The molecule has 0 amide bonds. The van der Waals surface area contributed by atoms with Crippen molar-refractivity contribution in [2.24, 2.45) is 0 Å². The largest absolute Gasteiger partial charge is 0.332 e. The highest BCUT2D eigenvalue weighted by atomic mass is 16.7. The van der Waals surface area contributed by atoms with Gasteiger partial charge in [0.1, 0.15) is 0 Å². The lowest BCUT2D eigenvalue weighted by atomic mass is 10.1. The summed E-state index contributed by atoms with van der Waals surface area (Å²) in [5, 5.41) is 10.6. The molecule has 2 aliphatic rings. The minimum atomic E-state index is -0.810. The first kappa shape index (κ1) is 10.6. The Hall–Kier alpha value is -1.50. The highest BCUT2D eigenvalue weighted by molar-refractivity contribution is 5.35. The molecular weight excluding hydrogens is 224 g/mol. The van der Waals surface area contributed by atoms with Gasteiger partial charge in [0.15, 0.2) is 0 Å². The Balaban J connectivity index is 1.95. The zero-order chi connectivity index (χ0) is 11.9. The van der Waals surface area contributed by atoms with E-state index in [1.54, 1.807) is 12.1 Å². The molecule has 0 unspecified atom stereocenters. The quantitative estimate of drug-likeness (QED) is 0.567. The highest BCUT2D eigenvalue weighted by Crippen LogP contribution is 2.39. The second-order valence-corrected chi connectivity index (χ2v) is 4.07. The van der Waals surface area contributed by atoms with Gasteiger partial charge in [-0.2, -0.15) is 0 Å². The molecule has 6 heteroatoms. The number of hydrogen-bond donors (Lipinski definition) is 0. The van der Waals surface area contributed by atoms with Crippen molar-refractivity contribution in [3.63, 3.8) is 0 Å². The predicted octanol–water partition coefficient (Wildman–Crippen LogP) is 1.07. The highest BCUT2D eigenvalue weighted by Gasteiger charge is 2.49. The molecule has 2 saturated heterocycles. The van der Waals surface area contributed by atoms with Crippen molar-refractivity contribution in [1.29, 1.82) is 0 Å². The van der Waals surface area contributed by atoms with Gasteiger partial charge < -0.3 is 9.47 Å². The van der Waals surface area contributed by atoms with Crippen molar-refractivity contribution in [2.75, 3.05) is 26.3 Å². The number of rotatable bonds is 2. The summed E-state index contributed by atoms with van der Waals surface area (Å²) in [7, 11) is 0. The van der Waals surface area contributed by atoms with Crippen molar-refractivity contribution in [2.45, 2.75) is 5.91 Å². The molecule has 0 aromatic heterocycles. The van der Waals surface area contributed by atoms with E-state index in [0.717, 1.165) is 18.7 Å². The SMILES string of the molecule is O=[N+]([O-])c1ccc(C23OCCN2CCO3)cc1. The van der Waals surface area contributed by atoms with Crippen LogP contribution >= 0.6 is 0 Å². The van der Waals surface area contributed by atoms with Crippen molar-refractivity contribution >= 4 is 5.69 Å². The van der Waals surface area contributed by atoms with Crippen LogP contribution in [0.2, 0.25) is 0 Å². The van der Waals surface area contributed by atoms with Crippen LogP contribution in [0.15, 0.2) is 24.3 Å². The average Bonchev–Trinajstić information content (AvgIpc) is 2.88. The number of non-ortho nitro benzene ring substituents is 1. The summed E-state index contributed by atoms with van der Waals surface area (Å²) in [4.78, 5) is 12.3. The molecule has 0 N–H and O–H groups in total. The minimum Gasteiger partial charge on any atom is -0.332 e. The summed E-state index contributed by atoms with van der Waals surface area (Å²) in [6.45, 7) is 2.90. The maximum absolute atomic E-state index is 10.6. The van der Waals surface area contributed by atoms with Crippen LogP contribution in [0.5, 0.6) is 0 Å². The van der Waals surface area contributed by atoms with Crippen LogP contribution in [0, 0.1) is 10.1 Å². The smallest absolute Gasteiger partial charge is 0.269 e. The second-order valence-electron chi connectivity index (χ2n) is 4.07. The Kier molecular flexibility index (Phi) is 2.36. The third-order valence-electron chi connectivity index (χ3n) is 3.18. The van der Waals surface area contributed by atoms with Gasteiger partial charge in [0.25, 0.3) is 11.6 Å². The van der Waals surface area contributed by atoms with E-state index in [-0.39, 0.29) is 5.69 Å². The van der Waals surface area contributed by atoms with Crippen LogP contribution in [0.4, 0.5) is 5.69 Å². The van der Waals surface area contributed by atoms with Gasteiger partial charge in [-0.3, -0.25) is 10.1 Å². The number of hydrogen-bond acceptors (Lipinski definition) is 5. The van der Waals surface area contributed by atoms with E-state index in [1.807, 2.05) is 0 Å². The summed E-state index contributed by atoms with van der Waals surface area (Å²) in [6, 6.07) is 6.35. The molecule has 6 nitrogen and oxygen atoms in total. The van der Waals surface area contributed by atoms with Crippen LogP contribution in [0.25, 0.3) is 0 Å². The fourth-order valence-electron chi connectivity index (χ4n) is 2.36. The predicted molar refractivity (Wildman–Crippen MR) is 58.3 cm³/mol. The number of nitro benzene ring substituents is 1. The first-order valence-corrected chi connectivity index (χ1v) is 5.50. The summed E-state index contributed by atoms with van der Waals surface area (Å²) >= 11 is 0. The molecule has 0 saturated carbocycles. The molecule has 2 heterocycles. The molecule has 0 bridgehead atoms. The van der Waals surface area contributed by atoms with Gasteiger partial charge in [-0.25, -0.2) is 4.90 Å². The van der Waals surface area contributed by atoms with E-state index < -0.39 is 10.8 Å². The second kappa shape index (κ2) is 3.76. The Labute approximate surface area is 97.9 Å². The van der Waals surface area contributed by atoms with Gasteiger partial charge in [-0.05, 0) is 12.1 Å². The first-order valence-electron chi connectivity index (χ1n) is 5.50. The fraction of sp³-hybridized carbons (Fsp3) is 0.455. The zero-order valence-corrected chi connectivity index (χ0v) is 9.17. The van der Waals surface area contributed by atoms with E-state index in [2.05, 4.69) is 4.90 Å². The number of ether oxygens (including phenoxy) is 2. The van der Waals surface area contributed by atoms with Gasteiger partial charge in [0.05, 0.1) is 18.1 Å². The normalized spacial score (nSPS) is 22.6. The van der Waals surface area contributed by atoms with Crippen LogP contribution in [0.1, 0.15) is 5.56 Å². The molecule has 1 aromatic carbocycles. The van der Waals surface area contributed by atoms with Crippen molar-refractivity contribution in [1.82, 2.24) is 4.90 Å². The molecule has 17 heavy (non-hydrogen) atoms. The molecule has 0 spiro atoms. The lowest BCUT2D eigenvalue weighted by Gasteiger charge is -2.28. The standard InChI is InChI=1S/C11H12N2O4/c14-13(15)10-3-1-9(2-4-10)11-12(5-7-16-11)6-8-17-11/h1-4H,5-8H2. The first-order chi connectivity index (χ1) is 8.22. The summed E-state index contributed by atoms with van der Waals surface area (Å²) < 4.78 is 11.4. The Morgan fingerprint density at radius 3 is 2.29 bits per heavy atom. The number of nitrogens with zero attached hydrogens (tertiary/aromatic N) is 2. The molecule has 90 valence electrons. The third-order valence-corrected chi connectivity index (χ3v) is 3.18. The van der Waals surface area contributed by atoms with E-state index in [4.69, 9.17) is 9.47 Å². The summed E-state index contributed by atoms with van der Waals surface area (Å²) in [5.74, 6) is -0.810. The van der Waals surface area contributed by atoms with Gasteiger partial charge in [0.2, 0.25) is 0 Å². The van der Waals surface area contributed by atoms with Crippen molar-refractivity contribution in [3.8, 4) is 0 Å². The van der Waals surface area contributed by atoms with Gasteiger partial charge in [-0.1, -0.05) is 0 Å². The van der Waals surface area contributed by atoms with Crippen molar-refractivity contribution in [3.05, 3.63) is 39.9 Å². The Morgan fingerprint density at radius 2 is 1.76 bits per heavy atom. The van der Waals surface area contributed by atoms with Crippen LogP contribution in [0.3, 0.4) is 0 Å². The summed E-state index contributed by atoms with van der Waals surface area (Å²) in [5.41, 5.74) is 0.894. The van der Waals surface area contributed by atoms with Crippen LogP contribution < -0.4 is 0 Å². The maximum Gasteiger partial charge on any atom is 0.269 e. The van der Waals surface area contributed by atoms with Gasteiger partial charge in [0, 0.05) is 30.8 Å². The van der Waals surface area contributed by atoms with Crippen LogP contribution in [-0.2, 0) is 15.4 Å². The number of nitro groups is 1. The molecule has 2 aliphatic heterocycles.